The normalized spacial score (nSPS) is 17.5. The van der Waals surface area contributed by atoms with Crippen LogP contribution in [0.2, 0.25) is 0 Å². The van der Waals surface area contributed by atoms with Gasteiger partial charge in [0.1, 0.15) is 12.1 Å². The highest BCUT2D eigenvalue weighted by atomic mass is 16.5. The van der Waals surface area contributed by atoms with Gasteiger partial charge in [0.15, 0.2) is 11.5 Å². The Hall–Kier alpha value is -4.28. The highest BCUT2D eigenvalue weighted by Crippen LogP contribution is 2.51. The van der Waals surface area contributed by atoms with Crippen molar-refractivity contribution in [3.05, 3.63) is 94.1 Å². The van der Waals surface area contributed by atoms with Crippen molar-refractivity contribution in [2.24, 2.45) is 0 Å². The third-order valence-electron chi connectivity index (χ3n) is 6.80. The standard InChI is InChI=1S/C28H18N2O2/c1-31-27-11-17-9-25-21-3-4-22(26(25)10-18(17)12-28(27)32-2)24-8-16-6-20(14-30)19(13-29)5-15(16)7-23(21)24/h3-12,21-22H,1-2H3. The van der Waals surface area contributed by atoms with Crippen LogP contribution in [-0.4, -0.2) is 14.2 Å². The minimum atomic E-state index is 0.160. The second kappa shape index (κ2) is 6.61. The van der Waals surface area contributed by atoms with Gasteiger partial charge in [-0.05, 0) is 92.3 Å². The quantitative estimate of drug-likeness (QED) is 0.383. The number of methoxy groups -OCH3 is 2. The molecule has 0 heterocycles. The van der Waals surface area contributed by atoms with E-state index in [4.69, 9.17) is 9.47 Å². The summed E-state index contributed by atoms with van der Waals surface area (Å²) in [6, 6.07) is 20.9. The van der Waals surface area contributed by atoms with Gasteiger partial charge in [-0.15, -0.1) is 0 Å². The van der Waals surface area contributed by atoms with Crippen molar-refractivity contribution in [3.63, 3.8) is 0 Å². The van der Waals surface area contributed by atoms with Gasteiger partial charge in [0.2, 0.25) is 0 Å². The first kappa shape index (κ1) is 18.5. The summed E-state index contributed by atoms with van der Waals surface area (Å²) in [6.45, 7) is 0. The Bertz CT molecular complexity index is 1470. The molecule has 0 aromatic heterocycles. The highest BCUT2D eigenvalue weighted by Gasteiger charge is 2.34. The average Bonchev–Trinajstić information content (AvgIpc) is 2.84. The molecule has 32 heavy (non-hydrogen) atoms. The van der Waals surface area contributed by atoms with Gasteiger partial charge >= 0.3 is 0 Å². The molecule has 152 valence electrons. The maximum Gasteiger partial charge on any atom is 0.161 e. The van der Waals surface area contributed by atoms with E-state index < -0.39 is 0 Å². The summed E-state index contributed by atoms with van der Waals surface area (Å²) in [5.41, 5.74) is 5.99. The summed E-state index contributed by atoms with van der Waals surface area (Å²) < 4.78 is 11.0. The second-order valence-corrected chi connectivity index (χ2v) is 8.33. The van der Waals surface area contributed by atoms with Gasteiger partial charge in [-0.3, -0.25) is 0 Å². The predicted octanol–water partition coefficient (Wildman–Crippen LogP) is 5.90. The Morgan fingerprint density at radius 1 is 0.562 bits per heavy atom. The molecule has 0 saturated carbocycles. The lowest BCUT2D eigenvalue weighted by Crippen LogP contribution is -2.20. The molecule has 2 atom stereocenters. The molecule has 0 aliphatic heterocycles. The number of fused-ring (bicyclic) bond motifs is 2. The number of allylic oxidation sites excluding steroid dienone is 2. The Kier molecular flexibility index (Phi) is 3.82. The van der Waals surface area contributed by atoms with Crippen molar-refractivity contribution in [2.45, 2.75) is 11.8 Å². The summed E-state index contributed by atoms with van der Waals surface area (Å²) in [4.78, 5) is 0. The lowest BCUT2D eigenvalue weighted by Gasteiger charge is -2.37. The first-order chi connectivity index (χ1) is 15.6. The number of rotatable bonds is 2. The molecule has 0 radical (unpaired) electrons. The molecule has 4 heteroatoms. The van der Waals surface area contributed by atoms with E-state index in [0.29, 0.717) is 11.1 Å². The third-order valence-corrected chi connectivity index (χ3v) is 6.80. The van der Waals surface area contributed by atoms with E-state index in [0.717, 1.165) is 33.0 Å². The number of hydrogen-bond acceptors (Lipinski definition) is 4. The Morgan fingerprint density at radius 3 is 1.22 bits per heavy atom. The average molecular weight is 414 g/mol. The van der Waals surface area contributed by atoms with Crippen LogP contribution < -0.4 is 9.47 Å². The molecule has 0 spiro atoms. The molecule has 2 unspecified atom stereocenters. The van der Waals surface area contributed by atoms with Gasteiger partial charge in [0.25, 0.3) is 0 Å². The van der Waals surface area contributed by atoms with Gasteiger partial charge in [-0.25, -0.2) is 0 Å². The van der Waals surface area contributed by atoms with Gasteiger partial charge in [0, 0.05) is 11.8 Å². The highest BCUT2D eigenvalue weighted by molar-refractivity contribution is 5.91. The number of benzene rings is 4. The van der Waals surface area contributed by atoms with Crippen LogP contribution in [0.1, 0.15) is 45.2 Å². The molecule has 7 rings (SSSR count). The van der Waals surface area contributed by atoms with Crippen LogP contribution in [0.3, 0.4) is 0 Å². The number of nitrogens with zero attached hydrogens (tertiary/aromatic N) is 2. The maximum absolute atomic E-state index is 9.43. The molecule has 3 aliphatic carbocycles. The summed E-state index contributed by atoms with van der Waals surface area (Å²) in [7, 11) is 3.31. The Morgan fingerprint density at radius 2 is 0.906 bits per heavy atom. The third kappa shape index (κ3) is 2.41. The van der Waals surface area contributed by atoms with E-state index in [-0.39, 0.29) is 11.8 Å². The molecule has 2 bridgehead atoms. The summed E-state index contributed by atoms with van der Waals surface area (Å²) in [6.07, 6.45) is 4.56. The molecular formula is C28H18N2O2. The molecular weight excluding hydrogens is 396 g/mol. The van der Waals surface area contributed by atoms with Crippen molar-refractivity contribution in [3.8, 4) is 23.6 Å². The molecule has 4 aromatic carbocycles. The largest absolute Gasteiger partial charge is 0.493 e. The van der Waals surface area contributed by atoms with E-state index in [2.05, 4.69) is 48.6 Å². The van der Waals surface area contributed by atoms with Crippen molar-refractivity contribution < 1.29 is 9.47 Å². The molecule has 3 aliphatic rings. The maximum atomic E-state index is 9.43. The molecule has 0 saturated heterocycles. The van der Waals surface area contributed by atoms with Crippen LogP contribution in [-0.2, 0) is 0 Å². The Balaban J connectivity index is 1.58. The van der Waals surface area contributed by atoms with Crippen LogP contribution in [0.4, 0.5) is 0 Å². The smallest absolute Gasteiger partial charge is 0.161 e. The van der Waals surface area contributed by atoms with Crippen molar-refractivity contribution in [1.29, 1.82) is 10.5 Å². The summed E-state index contributed by atoms with van der Waals surface area (Å²) >= 11 is 0. The number of ether oxygens (including phenoxy) is 2. The van der Waals surface area contributed by atoms with Crippen molar-refractivity contribution in [1.82, 2.24) is 0 Å². The predicted molar refractivity (Wildman–Crippen MR) is 123 cm³/mol. The van der Waals surface area contributed by atoms with Gasteiger partial charge < -0.3 is 9.47 Å². The van der Waals surface area contributed by atoms with Crippen LogP contribution >= 0.6 is 0 Å². The van der Waals surface area contributed by atoms with E-state index >= 15 is 0 Å². The lowest BCUT2D eigenvalue weighted by molar-refractivity contribution is 0.356. The first-order valence-electron chi connectivity index (χ1n) is 10.4. The van der Waals surface area contributed by atoms with Crippen molar-refractivity contribution >= 4 is 21.5 Å². The Labute approximate surface area is 185 Å². The van der Waals surface area contributed by atoms with Crippen LogP contribution in [0.15, 0.2) is 60.7 Å². The van der Waals surface area contributed by atoms with E-state index in [9.17, 15) is 10.5 Å². The van der Waals surface area contributed by atoms with E-state index in [1.807, 2.05) is 24.3 Å². The van der Waals surface area contributed by atoms with Crippen LogP contribution in [0.25, 0.3) is 21.5 Å². The fourth-order valence-electron chi connectivity index (χ4n) is 5.28. The van der Waals surface area contributed by atoms with Gasteiger partial charge in [-0.1, -0.05) is 12.2 Å². The second-order valence-electron chi connectivity index (χ2n) is 8.33. The van der Waals surface area contributed by atoms with Crippen molar-refractivity contribution in [2.75, 3.05) is 14.2 Å². The lowest BCUT2D eigenvalue weighted by atomic mass is 9.67. The molecule has 0 N–H and O–H groups in total. The van der Waals surface area contributed by atoms with E-state index in [1.54, 1.807) is 14.2 Å². The fraction of sp³-hybridized carbons (Fsp3) is 0.143. The van der Waals surface area contributed by atoms with Gasteiger partial charge in [0.05, 0.1) is 25.3 Å². The summed E-state index contributed by atoms with van der Waals surface area (Å²) in [5, 5.41) is 23.1. The minimum Gasteiger partial charge on any atom is -0.493 e. The van der Waals surface area contributed by atoms with E-state index in [1.165, 1.54) is 22.3 Å². The topological polar surface area (TPSA) is 66.0 Å². The zero-order valence-electron chi connectivity index (χ0n) is 17.6. The first-order valence-corrected chi connectivity index (χ1v) is 10.4. The molecule has 4 aromatic rings. The summed E-state index contributed by atoms with van der Waals surface area (Å²) in [5.74, 6) is 1.77. The van der Waals surface area contributed by atoms with Crippen LogP contribution in [0.5, 0.6) is 11.5 Å². The zero-order valence-corrected chi connectivity index (χ0v) is 17.6. The minimum absolute atomic E-state index is 0.160. The monoisotopic (exact) mass is 414 g/mol. The molecule has 0 amide bonds. The van der Waals surface area contributed by atoms with Gasteiger partial charge in [-0.2, -0.15) is 10.5 Å². The molecule has 0 fully saturated rings. The number of hydrogen-bond donors (Lipinski definition) is 0. The fourth-order valence-corrected chi connectivity index (χ4v) is 5.28. The molecule has 4 nitrogen and oxygen atoms in total. The SMILES string of the molecule is COc1cc2cc3c(cc2cc1OC)C1C=CC3c2cc3cc(C#N)c(C#N)cc3cc21. The zero-order chi connectivity index (χ0) is 22.0. The number of nitriles is 2. The van der Waals surface area contributed by atoms with Crippen LogP contribution in [0, 0.1) is 22.7 Å².